The molecule has 1 heterocycles. The van der Waals surface area contributed by atoms with Crippen molar-refractivity contribution >= 4 is 20.8 Å². The lowest BCUT2D eigenvalue weighted by Gasteiger charge is -2.08. The molecule has 3 rings (SSSR count). The van der Waals surface area contributed by atoms with Crippen molar-refractivity contribution in [3.63, 3.8) is 0 Å². The van der Waals surface area contributed by atoms with Crippen LogP contribution in [-0.4, -0.2) is 22.2 Å². The van der Waals surface area contributed by atoms with Gasteiger partial charge in [0.2, 0.25) is 0 Å². The fraction of sp³-hybridized carbons (Fsp3) is 0.300. The summed E-state index contributed by atoms with van der Waals surface area (Å²) < 4.78 is 5.28. The molecule has 114 valence electrons. The van der Waals surface area contributed by atoms with Crippen LogP contribution in [0.4, 0.5) is 0 Å². The van der Waals surface area contributed by atoms with Crippen molar-refractivity contribution in [1.29, 1.82) is 0 Å². The normalized spacial score (nSPS) is 18.0. The van der Waals surface area contributed by atoms with Crippen molar-refractivity contribution in [2.45, 2.75) is 31.4 Å². The predicted molar refractivity (Wildman–Crippen MR) is 97.7 cm³/mol. The number of benzene rings is 2. The highest BCUT2D eigenvalue weighted by Crippen LogP contribution is 2.21. The average molecular weight is 308 g/mol. The number of unbranched alkanes of at least 4 members (excludes halogenated alkanes) is 1. The Kier molecular flexibility index (Phi) is 5.63. The van der Waals surface area contributed by atoms with Gasteiger partial charge in [-0.05, 0) is 17.5 Å². The van der Waals surface area contributed by atoms with E-state index in [2.05, 4.69) is 66.7 Å². The van der Waals surface area contributed by atoms with Crippen LogP contribution in [-0.2, 0) is 4.74 Å². The Morgan fingerprint density at radius 3 is 2.36 bits per heavy atom. The molecule has 1 fully saturated rings. The maximum absolute atomic E-state index is 5.28. The van der Waals surface area contributed by atoms with Gasteiger partial charge in [-0.3, -0.25) is 0 Å². The highest BCUT2D eigenvalue weighted by Gasteiger charge is 2.20. The molecule has 1 atom stereocenters. The van der Waals surface area contributed by atoms with Crippen LogP contribution in [0.5, 0.6) is 0 Å². The van der Waals surface area contributed by atoms with E-state index in [1.54, 1.807) is 5.20 Å². The summed E-state index contributed by atoms with van der Waals surface area (Å²) in [5.74, 6) is 0. The Morgan fingerprint density at radius 2 is 1.68 bits per heavy atom. The molecule has 22 heavy (non-hydrogen) atoms. The minimum absolute atomic E-state index is 0.221. The van der Waals surface area contributed by atoms with Crippen LogP contribution < -0.4 is 0 Å². The number of ether oxygens (including phenoxy) is 1. The monoisotopic (exact) mass is 308 g/mol. The smallest absolute Gasteiger partial charge is 0.0810 e. The van der Waals surface area contributed by atoms with E-state index in [1.165, 1.54) is 36.4 Å². The second kappa shape index (κ2) is 8.11. The first kappa shape index (κ1) is 15.3. The summed E-state index contributed by atoms with van der Waals surface area (Å²) in [6.07, 6.45) is 6.93. The Balaban J connectivity index is 1.62. The van der Waals surface area contributed by atoms with Gasteiger partial charge in [-0.25, -0.2) is 0 Å². The summed E-state index contributed by atoms with van der Waals surface area (Å²) in [6, 6.07) is 23.0. The number of hydrogen-bond donors (Lipinski definition) is 0. The molecule has 0 amide bonds. The van der Waals surface area contributed by atoms with E-state index in [1.807, 2.05) is 0 Å². The highest BCUT2D eigenvalue weighted by molar-refractivity contribution is 6.62. The van der Waals surface area contributed by atoms with Crippen LogP contribution in [0.1, 0.15) is 30.4 Å². The van der Waals surface area contributed by atoms with E-state index >= 15 is 0 Å². The Labute approximate surface area is 135 Å². The Morgan fingerprint density at radius 1 is 1.00 bits per heavy atom. The molecular formula is C20H24OSi. The number of epoxide rings is 1. The van der Waals surface area contributed by atoms with E-state index in [0.29, 0.717) is 6.10 Å². The standard InChI is InChI=1S/C20H24OSi/c1-3-9-17(10-4-1)15-20(18-11-5-2-6-12-18)22-14-8-7-13-19-16-21-19/h1-6,9-12,15,19H,7-8,13-14,16,22H2. The Hall–Kier alpha value is -1.64. The molecule has 1 unspecified atom stereocenters. The highest BCUT2D eigenvalue weighted by atomic mass is 28.2. The van der Waals surface area contributed by atoms with E-state index < -0.39 is 0 Å². The molecule has 0 spiro atoms. The molecular weight excluding hydrogens is 284 g/mol. The topological polar surface area (TPSA) is 12.5 Å². The van der Waals surface area contributed by atoms with Gasteiger partial charge in [-0.2, -0.15) is 0 Å². The minimum atomic E-state index is -0.221. The molecule has 0 aromatic heterocycles. The van der Waals surface area contributed by atoms with E-state index in [9.17, 15) is 0 Å². The summed E-state index contributed by atoms with van der Waals surface area (Å²) >= 11 is 0. The summed E-state index contributed by atoms with van der Waals surface area (Å²) in [7, 11) is -0.221. The van der Waals surface area contributed by atoms with Gasteiger partial charge in [0.15, 0.2) is 0 Å². The van der Waals surface area contributed by atoms with Crippen molar-refractivity contribution < 1.29 is 4.74 Å². The maximum Gasteiger partial charge on any atom is 0.0810 e. The molecule has 0 N–H and O–H groups in total. The lowest BCUT2D eigenvalue weighted by Crippen LogP contribution is -1.97. The van der Waals surface area contributed by atoms with Gasteiger partial charge in [0.25, 0.3) is 0 Å². The van der Waals surface area contributed by atoms with Gasteiger partial charge in [-0.1, -0.05) is 90.8 Å². The molecule has 0 saturated carbocycles. The van der Waals surface area contributed by atoms with Gasteiger partial charge < -0.3 is 4.74 Å². The molecule has 2 heteroatoms. The van der Waals surface area contributed by atoms with Crippen LogP contribution >= 0.6 is 0 Å². The Bertz CT molecular complexity index is 588. The van der Waals surface area contributed by atoms with Crippen molar-refractivity contribution in [1.82, 2.24) is 0 Å². The molecule has 1 aliphatic rings. The van der Waals surface area contributed by atoms with Crippen LogP contribution in [0, 0.1) is 0 Å². The predicted octanol–water partition coefficient (Wildman–Crippen LogP) is 4.34. The van der Waals surface area contributed by atoms with E-state index in [-0.39, 0.29) is 9.52 Å². The fourth-order valence-electron chi connectivity index (χ4n) is 2.80. The SMILES string of the molecule is C(=C([SiH2]CCCCC1CO1)c1ccccc1)c1ccccc1. The third kappa shape index (κ3) is 4.97. The van der Waals surface area contributed by atoms with Crippen molar-refractivity contribution in [2.24, 2.45) is 0 Å². The van der Waals surface area contributed by atoms with Gasteiger partial charge in [0.05, 0.1) is 22.2 Å². The maximum atomic E-state index is 5.28. The first-order valence-electron chi connectivity index (χ1n) is 8.34. The minimum Gasteiger partial charge on any atom is -0.373 e. The van der Waals surface area contributed by atoms with Crippen LogP contribution in [0.15, 0.2) is 60.7 Å². The van der Waals surface area contributed by atoms with Crippen LogP contribution in [0.2, 0.25) is 6.04 Å². The fourth-order valence-corrected chi connectivity index (χ4v) is 4.69. The van der Waals surface area contributed by atoms with Crippen molar-refractivity contribution in [2.75, 3.05) is 6.61 Å². The third-order valence-electron chi connectivity index (χ3n) is 4.16. The van der Waals surface area contributed by atoms with Gasteiger partial charge in [0, 0.05) is 0 Å². The molecule has 0 aliphatic carbocycles. The summed E-state index contributed by atoms with van der Waals surface area (Å²) in [4.78, 5) is 0. The molecule has 0 radical (unpaired) electrons. The summed E-state index contributed by atoms with van der Waals surface area (Å²) in [5.41, 5.74) is 2.73. The van der Waals surface area contributed by atoms with Crippen LogP contribution in [0.3, 0.4) is 0 Å². The molecule has 2 aromatic rings. The molecule has 0 bridgehead atoms. The molecule has 1 nitrogen and oxygen atoms in total. The molecule has 1 saturated heterocycles. The number of hydrogen-bond acceptors (Lipinski definition) is 1. The quantitative estimate of drug-likeness (QED) is 0.306. The lowest BCUT2D eigenvalue weighted by atomic mass is 10.1. The van der Waals surface area contributed by atoms with Crippen molar-refractivity contribution in [3.8, 4) is 0 Å². The zero-order valence-electron chi connectivity index (χ0n) is 13.1. The van der Waals surface area contributed by atoms with Crippen molar-refractivity contribution in [3.05, 3.63) is 71.8 Å². The molecule has 1 aliphatic heterocycles. The first-order valence-corrected chi connectivity index (χ1v) is 10.1. The average Bonchev–Trinajstić information content (AvgIpc) is 3.39. The number of rotatable bonds is 8. The zero-order valence-corrected chi connectivity index (χ0v) is 14.5. The van der Waals surface area contributed by atoms with E-state index in [0.717, 1.165) is 6.61 Å². The largest absolute Gasteiger partial charge is 0.373 e. The third-order valence-corrected chi connectivity index (χ3v) is 6.16. The van der Waals surface area contributed by atoms with Gasteiger partial charge >= 0.3 is 0 Å². The zero-order chi connectivity index (χ0) is 15.0. The molecule has 2 aromatic carbocycles. The second-order valence-electron chi connectivity index (χ2n) is 6.00. The summed E-state index contributed by atoms with van der Waals surface area (Å²) in [5, 5.41) is 1.58. The second-order valence-corrected chi connectivity index (χ2v) is 7.97. The van der Waals surface area contributed by atoms with Crippen LogP contribution in [0.25, 0.3) is 11.3 Å². The first-order chi connectivity index (χ1) is 10.9. The van der Waals surface area contributed by atoms with Gasteiger partial charge in [0.1, 0.15) is 0 Å². The summed E-state index contributed by atoms with van der Waals surface area (Å²) in [6.45, 7) is 1.00. The van der Waals surface area contributed by atoms with E-state index in [4.69, 9.17) is 4.74 Å². The lowest BCUT2D eigenvalue weighted by molar-refractivity contribution is 0.391. The van der Waals surface area contributed by atoms with Gasteiger partial charge in [-0.15, -0.1) is 0 Å².